The second-order valence-electron chi connectivity index (χ2n) is 10.3. The predicted octanol–water partition coefficient (Wildman–Crippen LogP) is 2.85. The molecule has 1 N–H and O–H groups in total. The first kappa shape index (κ1) is 26.8. The van der Waals surface area contributed by atoms with E-state index in [1.807, 2.05) is 27.0 Å². The summed E-state index contributed by atoms with van der Waals surface area (Å²) in [4.78, 5) is 18.8. The molecule has 0 saturated carbocycles. The molecule has 2 saturated heterocycles. The van der Waals surface area contributed by atoms with Crippen LogP contribution in [-0.4, -0.2) is 61.7 Å². The van der Waals surface area contributed by atoms with E-state index in [1.165, 1.54) is 21.7 Å². The average Bonchev–Trinajstić information content (AvgIpc) is 3.08. The van der Waals surface area contributed by atoms with Crippen molar-refractivity contribution in [1.29, 1.82) is 0 Å². The Morgan fingerprint density at radius 1 is 1.22 bits per heavy atom. The molecule has 36 heavy (non-hydrogen) atoms. The Kier molecular flexibility index (Phi) is 7.14. The second kappa shape index (κ2) is 9.58. The molecule has 2 aliphatic heterocycles. The third kappa shape index (κ3) is 6.01. The summed E-state index contributed by atoms with van der Waals surface area (Å²) in [6, 6.07) is 2.85. The molecule has 1 aromatic heterocycles. The number of benzene rings is 1. The lowest BCUT2D eigenvalue weighted by Gasteiger charge is -2.37. The highest BCUT2D eigenvalue weighted by Crippen LogP contribution is 2.33. The largest absolute Gasteiger partial charge is 0.487 e. The molecule has 0 bridgehead atoms. The van der Waals surface area contributed by atoms with Gasteiger partial charge in [-0.15, -0.1) is 11.3 Å². The number of carbonyl (C=O) groups is 1. The van der Waals surface area contributed by atoms with E-state index in [1.54, 1.807) is 4.57 Å². The molecule has 1 amide bonds. The molecule has 0 radical (unpaired) electrons. The Bertz CT molecular complexity index is 1320. The van der Waals surface area contributed by atoms with Crippen LogP contribution in [0.2, 0.25) is 0 Å². The van der Waals surface area contributed by atoms with Crippen LogP contribution in [0.5, 0.6) is 5.75 Å². The minimum atomic E-state index is -4.62. The van der Waals surface area contributed by atoms with Crippen LogP contribution in [0.1, 0.15) is 41.6 Å². The van der Waals surface area contributed by atoms with E-state index in [-0.39, 0.29) is 28.7 Å². The van der Waals surface area contributed by atoms with E-state index in [4.69, 9.17) is 4.74 Å². The summed E-state index contributed by atoms with van der Waals surface area (Å²) in [7, 11) is -3.26. The Morgan fingerprint density at radius 3 is 2.42 bits per heavy atom. The highest BCUT2D eigenvalue weighted by molar-refractivity contribution is 7.88. The van der Waals surface area contributed by atoms with Gasteiger partial charge in [0.15, 0.2) is 4.80 Å². The standard InChI is InChI=1S/C23H29F3N4O4S2/c1-22(2,3)19-13-29(10-14-11-30(12-14)36(4,32)33)21(35-19)28-20(31)17-7-15(23(24,25)26)5-6-18(17)34-16-8-27-9-16/h5-7,13-14,16,27H,8-12H2,1-4H3. The number of aromatic nitrogens is 1. The number of carbonyl (C=O) groups excluding carboxylic acids is 1. The molecule has 3 heterocycles. The van der Waals surface area contributed by atoms with E-state index in [0.717, 1.165) is 23.3 Å². The fourth-order valence-electron chi connectivity index (χ4n) is 3.78. The number of amides is 1. The third-order valence-corrected chi connectivity index (χ3v) is 8.76. The summed E-state index contributed by atoms with van der Waals surface area (Å²) >= 11 is 1.29. The van der Waals surface area contributed by atoms with Crippen molar-refractivity contribution in [2.75, 3.05) is 32.4 Å². The molecular formula is C23H29F3N4O4S2. The molecular weight excluding hydrogens is 517 g/mol. The number of thiazole rings is 1. The van der Waals surface area contributed by atoms with Crippen molar-refractivity contribution in [2.45, 2.75) is 45.0 Å². The second-order valence-corrected chi connectivity index (χ2v) is 13.2. The van der Waals surface area contributed by atoms with Crippen LogP contribution >= 0.6 is 11.3 Å². The highest BCUT2D eigenvalue weighted by atomic mass is 32.2. The topological polar surface area (TPSA) is 93.0 Å². The van der Waals surface area contributed by atoms with E-state index in [9.17, 15) is 26.4 Å². The molecule has 2 aliphatic rings. The molecule has 0 spiro atoms. The normalized spacial score (nSPS) is 18.7. The maximum Gasteiger partial charge on any atom is 0.416 e. The van der Waals surface area contributed by atoms with Gasteiger partial charge in [-0.1, -0.05) is 20.8 Å². The molecule has 4 rings (SSSR count). The first-order valence-electron chi connectivity index (χ1n) is 11.4. The zero-order valence-electron chi connectivity index (χ0n) is 20.4. The smallest absolute Gasteiger partial charge is 0.416 e. The fourth-order valence-corrected chi connectivity index (χ4v) is 5.80. The molecule has 0 unspecified atom stereocenters. The van der Waals surface area contributed by atoms with Gasteiger partial charge in [0, 0.05) is 49.7 Å². The van der Waals surface area contributed by atoms with Crippen molar-refractivity contribution in [1.82, 2.24) is 14.2 Å². The number of halogens is 3. The molecule has 0 atom stereocenters. The molecule has 1 aromatic carbocycles. The molecule has 198 valence electrons. The zero-order valence-corrected chi connectivity index (χ0v) is 22.1. The molecule has 2 aromatic rings. The van der Waals surface area contributed by atoms with Crippen LogP contribution in [0, 0.1) is 5.92 Å². The van der Waals surface area contributed by atoms with Crippen LogP contribution in [0.3, 0.4) is 0 Å². The van der Waals surface area contributed by atoms with Gasteiger partial charge in [0.25, 0.3) is 5.91 Å². The van der Waals surface area contributed by atoms with Gasteiger partial charge < -0.3 is 14.6 Å². The lowest BCUT2D eigenvalue weighted by Crippen LogP contribution is -2.51. The highest BCUT2D eigenvalue weighted by Gasteiger charge is 2.35. The van der Waals surface area contributed by atoms with Crippen molar-refractivity contribution >= 4 is 27.3 Å². The van der Waals surface area contributed by atoms with Gasteiger partial charge in [0.1, 0.15) is 11.9 Å². The number of hydrogen-bond donors (Lipinski definition) is 1. The Hall–Kier alpha value is -2.22. The van der Waals surface area contributed by atoms with Gasteiger partial charge >= 0.3 is 6.18 Å². The average molecular weight is 547 g/mol. The predicted molar refractivity (Wildman–Crippen MR) is 130 cm³/mol. The first-order chi connectivity index (χ1) is 16.6. The van der Waals surface area contributed by atoms with Crippen LogP contribution in [0.4, 0.5) is 13.2 Å². The summed E-state index contributed by atoms with van der Waals surface area (Å²) < 4.78 is 72.5. The maximum atomic E-state index is 13.4. The Balaban J connectivity index is 1.69. The molecule has 0 aliphatic carbocycles. The van der Waals surface area contributed by atoms with Gasteiger partial charge in [-0.05, 0) is 23.6 Å². The molecule has 2 fully saturated rings. The summed E-state index contributed by atoms with van der Waals surface area (Å²) in [6.45, 7) is 8.26. The lowest BCUT2D eigenvalue weighted by molar-refractivity contribution is -0.137. The monoisotopic (exact) mass is 546 g/mol. The number of nitrogens with zero attached hydrogens (tertiary/aromatic N) is 3. The van der Waals surface area contributed by atoms with Crippen LogP contribution in [-0.2, 0) is 28.2 Å². The number of nitrogens with one attached hydrogen (secondary N) is 1. The number of ether oxygens (including phenoxy) is 1. The molecule has 13 heteroatoms. The van der Waals surface area contributed by atoms with Gasteiger partial charge in [0.05, 0.1) is 17.4 Å². The van der Waals surface area contributed by atoms with Crippen molar-refractivity contribution in [3.05, 3.63) is 45.2 Å². The number of alkyl halides is 3. The van der Waals surface area contributed by atoms with Crippen molar-refractivity contribution in [3.63, 3.8) is 0 Å². The van der Waals surface area contributed by atoms with Crippen molar-refractivity contribution in [3.8, 4) is 5.75 Å². The van der Waals surface area contributed by atoms with Crippen LogP contribution in [0.25, 0.3) is 0 Å². The minimum absolute atomic E-state index is 0.0368. The fraction of sp³-hybridized carbons (Fsp3) is 0.565. The van der Waals surface area contributed by atoms with Crippen molar-refractivity contribution < 1.29 is 31.1 Å². The number of hydrogen-bond acceptors (Lipinski definition) is 6. The maximum absolute atomic E-state index is 13.4. The Labute approximate surface area is 211 Å². The summed E-state index contributed by atoms with van der Waals surface area (Å²) in [5, 5.41) is 3.02. The summed E-state index contributed by atoms with van der Waals surface area (Å²) in [5.41, 5.74) is -1.45. The minimum Gasteiger partial charge on any atom is -0.487 e. The van der Waals surface area contributed by atoms with Gasteiger partial charge in [0.2, 0.25) is 10.0 Å². The van der Waals surface area contributed by atoms with Gasteiger partial charge in [-0.2, -0.15) is 18.2 Å². The Morgan fingerprint density at radius 2 is 1.89 bits per heavy atom. The van der Waals surface area contributed by atoms with Gasteiger partial charge in [-0.3, -0.25) is 4.79 Å². The summed E-state index contributed by atoms with van der Waals surface area (Å²) in [5.74, 6) is -0.731. The van der Waals surface area contributed by atoms with E-state index >= 15 is 0 Å². The zero-order chi connectivity index (χ0) is 26.5. The lowest BCUT2D eigenvalue weighted by atomic mass is 9.95. The quantitative estimate of drug-likeness (QED) is 0.602. The van der Waals surface area contributed by atoms with Crippen molar-refractivity contribution in [2.24, 2.45) is 10.9 Å². The van der Waals surface area contributed by atoms with E-state index in [0.29, 0.717) is 37.5 Å². The van der Waals surface area contributed by atoms with E-state index < -0.39 is 27.7 Å². The number of sulfonamides is 1. The van der Waals surface area contributed by atoms with E-state index in [2.05, 4.69) is 10.3 Å². The SMILES string of the molecule is CC(C)(C)c1cn(CC2CN(S(C)(=O)=O)C2)c(=NC(=O)c2cc(C(F)(F)F)ccc2OC2CNC2)s1. The first-order valence-corrected chi connectivity index (χ1v) is 14.1. The summed E-state index contributed by atoms with van der Waals surface area (Å²) in [6.07, 6.45) is -1.82. The van der Waals surface area contributed by atoms with Crippen LogP contribution in [0.15, 0.2) is 29.4 Å². The number of rotatable bonds is 6. The van der Waals surface area contributed by atoms with Crippen LogP contribution < -0.4 is 14.9 Å². The molecule has 8 nitrogen and oxygen atoms in total. The third-order valence-electron chi connectivity index (χ3n) is 6.08. The van der Waals surface area contributed by atoms with Gasteiger partial charge in [-0.25, -0.2) is 12.7 Å².